The standard InChI is InChI=1S/C23H21Cl2NO5/c24-16-9-5-14(6-10-16)20-19(21(29)15-7-11-17(25)12-8-15)22(30)23(31)26(20)13-3-1-2-4-18(27)28/h5-12,20,29H,1-4,13H2,(H,27,28)/b21-19+. The van der Waals surface area contributed by atoms with Crippen molar-refractivity contribution in [3.05, 3.63) is 75.3 Å². The highest BCUT2D eigenvalue weighted by Gasteiger charge is 2.45. The lowest BCUT2D eigenvalue weighted by atomic mass is 9.95. The highest BCUT2D eigenvalue weighted by atomic mass is 35.5. The molecule has 0 saturated carbocycles. The first kappa shape index (κ1) is 22.8. The molecule has 1 heterocycles. The number of benzene rings is 2. The number of ketones is 1. The molecule has 3 rings (SSSR count). The van der Waals surface area contributed by atoms with Crippen LogP contribution < -0.4 is 0 Å². The molecule has 1 aliphatic heterocycles. The average Bonchev–Trinajstić information content (AvgIpc) is 2.99. The number of aliphatic carboxylic acids is 1. The Labute approximate surface area is 189 Å². The molecule has 1 atom stereocenters. The zero-order valence-electron chi connectivity index (χ0n) is 16.6. The predicted molar refractivity (Wildman–Crippen MR) is 118 cm³/mol. The number of likely N-dealkylation sites (tertiary alicyclic amines) is 1. The van der Waals surface area contributed by atoms with Crippen LogP contribution in [0, 0.1) is 0 Å². The maximum atomic E-state index is 12.9. The topological polar surface area (TPSA) is 94.9 Å². The van der Waals surface area contributed by atoms with Gasteiger partial charge in [-0.1, -0.05) is 41.8 Å². The Hall–Kier alpha value is -2.83. The second-order valence-electron chi connectivity index (χ2n) is 7.26. The number of carboxylic acids is 1. The Bertz CT molecular complexity index is 1020. The van der Waals surface area contributed by atoms with E-state index in [4.69, 9.17) is 28.3 Å². The molecule has 6 nitrogen and oxygen atoms in total. The van der Waals surface area contributed by atoms with Gasteiger partial charge in [-0.05, 0) is 54.8 Å². The van der Waals surface area contributed by atoms with Crippen LogP contribution in [0.15, 0.2) is 54.1 Å². The third-order valence-electron chi connectivity index (χ3n) is 5.13. The number of unbranched alkanes of at least 4 members (excludes halogenated alkanes) is 2. The number of nitrogens with zero attached hydrogens (tertiary/aromatic N) is 1. The highest BCUT2D eigenvalue weighted by molar-refractivity contribution is 6.46. The second kappa shape index (κ2) is 9.98. The summed E-state index contributed by atoms with van der Waals surface area (Å²) in [6, 6.07) is 12.3. The zero-order chi connectivity index (χ0) is 22.5. The number of carbonyl (C=O) groups is 3. The van der Waals surface area contributed by atoms with Gasteiger partial charge in [0.25, 0.3) is 11.7 Å². The van der Waals surface area contributed by atoms with Crippen molar-refractivity contribution >= 4 is 46.6 Å². The van der Waals surface area contributed by atoms with Gasteiger partial charge in [0.2, 0.25) is 0 Å². The number of hydrogen-bond acceptors (Lipinski definition) is 4. The average molecular weight is 462 g/mol. The molecule has 31 heavy (non-hydrogen) atoms. The van der Waals surface area contributed by atoms with Crippen LogP contribution in [0.3, 0.4) is 0 Å². The van der Waals surface area contributed by atoms with E-state index >= 15 is 0 Å². The minimum Gasteiger partial charge on any atom is -0.507 e. The van der Waals surface area contributed by atoms with Crippen LogP contribution in [0.4, 0.5) is 0 Å². The summed E-state index contributed by atoms with van der Waals surface area (Å²) < 4.78 is 0. The molecule has 2 aromatic rings. The Morgan fingerprint density at radius 3 is 2.03 bits per heavy atom. The first-order chi connectivity index (χ1) is 14.8. The number of carbonyl (C=O) groups excluding carboxylic acids is 2. The number of hydrogen-bond donors (Lipinski definition) is 2. The summed E-state index contributed by atoms with van der Waals surface area (Å²) in [5, 5.41) is 20.7. The maximum absolute atomic E-state index is 12.9. The van der Waals surface area contributed by atoms with Crippen LogP contribution >= 0.6 is 23.2 Å². The minimum absolute atomic E-state index is 0.000167. The minimum atomic E-state index is -0.871. The third kappa shape index (κ3) is 5.27. The summed E-state index contributed by atoms with van der Waals surface area (Å²) in [5.41, 5.74) is 1.02. The normalized spacial score (nSPS) is 17.9. The third-order valence-corrected chi connectivity index (χ3v) is 5.64. The van der Waals surface area contributed by atoms with Crippen LogP contribution in [-0.2, 0) is 14.4 Å². The molecule has 1 aliphatic rings. The number of carboxylic acid groups (broad SMARTS) is 1. The van der Waals surface area contributed by atoms with E-state index in [2.05, 4.69) is 0 Å². The van der Waals surface area contributed by atoms with Gasteiger partial charge in [0.05, 0.1) is 11.6 Å². The van der Waals surface area contributed by atoms with Gasteiger partial charge in [0, 0.05) is 28.6 Å². The fraction of sp³-hybridized carbons (Fsp3) is 0.261. The fourth-order valence-electron chi connectivity index (χ4n) is 3.60. The number of rotatable bonds is 8. The molecule has 162 valence electrons. The molecule has 2 aromatic carbocycles. The van der Waals surface area contributed by atoms with Crippen molar-refractivity contribution in [3.63, 3.8) is 0 Å². The summed E-state index contributed by atoms with van der Waals surface area (Å²) in [6.07, 6.45) is 1.66. The lowest BCUT2D eigenvalue weighted by molar-refractivity contribution is -0.140. The van der Waals surface area contributed by atoms with Crippen molar-refractivity contribution in [2.24, 2.45) is 0 Å². The second-order valence-corrected chi connectivity index (χ2v) is 8.13. The molecule has 0 radical (unpaired) electrons. The van der Waals surface area contributed by atoms with E-state index in [1.807, 2.05) is 0 Å². The molecule has 0 spiro atoms. The van der Waals surface area contributed by atoms with Crippen molar-refractivity contribution < 1.29 is 24.6 Å². The molecule has 0 aliphatic carbocycles. The molecule has 1 amide bonds. The number of Topliss-reactive ketones (excluding diaryl/α,β-unsaturated/α-hetero) is 1. The SMILES string of the molecule is O=C(O)CCCCCN1C(=O)C(=O)/C(=C(/O)c2ccc(Cl)cc2)C1c1ccc(Cl)cc1. The van der Waals surface area contributed by atoms with E-state index in [1.165, 1.54) is 4.90 Å². The predicted octanol–water partition coefficient (Wildman–Crippen LogP) is 5.06. The molecular weight excluding hydrogens is 441 g/mol. The van der Waals surface area contributed by atoms with Gasteiger partial charge in [-0.3, -0.25) is 14.4 Å². The number of aliphatic hydroxyl groups is 1. The maximum Gasteiger partial charge on any atom is 0.303 e. The largest absolute Gasteiger partial charge is 0.507 e. The van der Waals surface area contributed by atoms with E-state index in [0.29, 0.717) is 40.4 Å². The lowest BCUT2D eigenvalue weighted by Gasteiger charge is -2.25. The van der Waals surface area contributed by atoms with Crippen LogP contribution in [0.1, 0.15) is 42.9 Å². The first-order valence-corrected chi connectivity index (χ1v) is 10.6. The van der Waals surface area contributed by atoms with E-state index in [9.17, 15) is 19.5 Å². The Balaban J connectivity index is 1.96. The van der Waals surface area contributed by atoms with E-state index < -0.39 is 23.7 Å². The van der Waals surface area contributed by atoms with Gasteiger partial charge in [0.15, 0.2) is 0 Å². The number of halogens is 2. The zero-order valence-corrected chi connectivity index (χ0v) is 18.1. The summed E-state index contributed by atoms with van der Waals surface area (Å²) in [5.74, 6) is -2.61. The van der Waals surface area contributed by atoms with Gasteiger partial charge < -0.3 is 15.1 Å². The molecule has 1 unspecified atom stereocenters. The van der Waals surface area contributed by atoms with Crippen molar-refractivity contribution in [1.82, 2.24) is 4.90 Å². The summed E-state index contributed by atoms with van der Waals surface area (Å²) in [7, 11) is 0. The Morgan fingerprint density at radius 2 is 1.45 bits per heavy atom. The number of amides is 1. The Kier molecular flexibility index (Phi) is 7.36. The van der Waals surface area contributed by atoms with Crippen LogP contribution in [-0.4, -0.2) is 39.3 Å². The molecule has 8 heteroatoms. The van der Waals surface area contributed by atoms with Crippen molar-refractivity contribution in [3.8, 4) is 0 Å². The summed E-state index contributed by atoms with van der Waals surface area (Å²) >= 11 is 11.9. The van der Waals surface area contributed by atoms with Crippen LogP contribution in [0.5, 0.6) is 0 Å². The quantitative estimate of drug-likeness (QED) is 0.248. The first-order valence-electron chi connectivity index (χ1n) is 9.81. The lowest BCUT2D eigenvalue weighted by Crippen LogP contribution is -2.30. The molecule has 0 bridgehead atoms. The van der Waals surface area contributed by atoms with Gasteiger partial charge >= 0.3 is 5.97 Å². The Morgan fingerprint density at radius 1 is 0.871 bits per heavy atom. The highest BCUT2D eigenvalue weighted by Crippen LogP contribution is 2.40. The summed E-state index contributed by atoms with van der Waals surface area (Å²) in [4.78, 5) is 37.8. The van der Waals surface area contributed by atoms with E-state index in [-0.39, 0.29) is 24.3 Å². The molecular formula is C23H21Cl2NO5. The van der Waals surface area contributed by atoms with Crippen molar-refractivity contribution in [1.29, 1.82) is 0 Å². The van der Waals surface area contributed by atoms with Crippen molar-refractivity contribution in [2.75, 3.05) is 6.54 Å². The van der Waals surface area contributed by atoms with Gasteiger partial charge in [-0.25, -0.2) is 0 Å². The van der Waals surface area contributed by atoms with Gasteiger partial charge in [-0.15, -0.1) is 0 Å². The smallest absolute Gasteiger partial charge is 0.303 e. The van der Waals surface area contributed by atoms with Gasteiger partial charge in [-0.2, -0.15) is 0 Å². The fourth-order valence-corrected chi connectivity index (χ4v) is 3.85. The summed E-state index contributed by atoms with van der Waals surface area (Å²) in [6.45, 7) is 0.259. The van der Waals surface area contributed by atoms with Crippen LogP contribution in [0.25, 0.3) is 5.76 Å². The molecule has 1 saturated heterocycles. The molecule has 2 N–H and O–H groups in total. The van der Waals surface area contributed by atoms with Gasteiger partial charge in [0.1, 0.15) is 5.76 Å². The molecule has 0 aromatic heterocycles. The number of aliphatic hydroxyl groups excluding tert-OH is 1. The molecule has 1 fully saturated rings. The van der Waals surface area contributed by atoms with Crippen LogP contribution in [0.2, 0.25) is 10.0 Å². The van der Waals surface area contributed by atoms with E-state index in [0.717, 1.165) is 0 Å². The monoisotopic (exact) mass is 461 g/mol. The van der Waals surface area contributed by atoms with Crippen molar-refractivity contribution in [2.45, 2.75) is 31.7 Å². The van der Waals surface area contributed by atoms with E-state index in [1.54, 1.807) is 48.5 Å².